The number of likely N-dealkylation sites (tertiary alicyclic amines) is 1. The molecule has 28 heteroatoms. The van der Waals surface area contributed by atoms with Gasteiger partial charge in [-0.2, -0.15) is 25.3 Å². The number of aliphatic imine (C=N–C) groups is 1. The van der Waals surface area contributed by atoms with Gasteiger partial charge in [0, 0.05) is 60.0 Å². The number of carbonyl (C=O) groups is 11. The number of fused-ring (bicyclic) bond motifs is 1. The quantitative estimate of drug-likeness (QED) is 0.0168. The lowest BCUT2D eigenvalue weighted by Crippen LogP contribution is -2.61. The standard InChI is InChI=1S/C50H76N14O12S2/c1-3-27(2)41(63-45(73)33(21-28-24-56-30-12-6-5-11-29(28)30)58-39(67)23-50(78)17-7-4-8-18-50)47(75)60-32(15-16-40(68)69)43(71)61-34(22-37(51)65)44(72)62-35(26-77)48(76)64-20-10-14-36(64)46(74)59-31(13-9-19-55-49(53)54)42(70)57-25-38(52)66/h5-6,11-12,24,27,31-36,41,56,77-78H,3-4,7-10,13-23,25-26H2,1-2H3,(H2,51,65)(H2,52,66)(H,57,70)(H,58,67)(H,59,74)(H,60,75)(H,61,71)(H,62,72)(H,63,73)(H,68,69)(H4,53,54,55)/t27-,31-,32-,33+,34+,35-,36+,41-/m0/s1. The minimum Gasteiger partial charge on any atom is -0.481 e. The minimum absolute atomic E-state index is 0.0258. The van der Waals surface area contributed by atoms with Crippen LogP contribution in [0, 0.1) is 5.92 Å². The van der Waals surface area contributed by atoms with Gasteiger partial charge in [0.05, 0.1) is 13.0 Å². The Kier molecular flexibility index (Phi) is 25.0. The molecule has 1 aliphatic carbocycles. The molecule has 8 atom stereocenters. The van der Waals surface area contributed by atoms with E-state index in [1.165, 1.54) is 4.90 Å². The van der Waals surface area contributed by atoms with Gasteiger partial charge in [-0.15, -0.1) is 0 Å². The van der Waals surface area contributed by atoms with Crippen molar-refractivity contribution in [1.82, 2.24) is 47.1 Å². The smallest absolute Gasteiger partial charge is 0.303 e. The number of nitrogens with one attached hydrogen (secondary N) is 8. The molecule has 26 nitrogen and oxygen atoms in total. The molecule has 1 aromatic heterocycles. The van der Waals surface area contributed by atoms with Crippen molar-refractivity contribution in [1.29, 1.82) is 0 Å². The van der Waals surface area contributed by atoms with Crippen LogP contribution in [0.4, 0.5) is 0 Å². The highest BCUT2D eigenvalue weighted by atomic mass is 32.1. The van der Waals surface area contributed by atoms with E-state index in [0.29, 0.717) is 18.4 Å². The predicted molar refractivity (Wildman–Crippen MR) is 294 cm³/mol. The maximum atomic E-state index is 14.4. The molecule has 2 heterocycles. The number of aliphatic carboxylic acids is 1. The Labute approximate surface area is 462 Å². The number of thiol groups is 2. The highest BCUT2D eigenvalue weighted by Crippen LogP contribution is 2.36. The number of aromatic nitrogens is 1. The van der Waals surface area contributed by atoms with E-state index in [1.807, 2.05) is 24.3 Å². The molecule has 2 aliphatic rings. The van der Waals surface area contributed by atoms with Crippen LogP contribution in [0.2, 0.25) is 0 Å². The number of carboxylic acids is 1. The van der Waals surface area contributed by atoms with Gasteiger partial charge in [0.15, 0.2) is 5.96 Å². The Balaban J connectivity index is 1.52. The molecule has 0 spiro atoms. The number of benzene rings is 1. The molecule has 1 aromatic carbocycles. The monoisotopic (exact) mass is 1130 g/mol. The molecule has 2 aromatic rings. The van der Waals surface area contributed by atoms with E-state index in [4.69, 9.17) is 35.6 Å². The van der Waals surface area contributed by atoms with Crippen molar-refractivity contribution in [3.8, 4) is 0 Å². The summed E-state index contributed by atoms with van der Waals surface area (Å²) in [6, 6.07) is -2.40. The maximum Gasteiger partial charge on any atom is 0.303 e. The summed E-state index contributed by atoms with van der Waals surface area (Å²) in [5.74, 6) is -10.9. The van der Waals surface area contributed by atoms with E-state index < -0.39 is 144 Å². The summed E-state index contributed by atoms with van der Waals surface area (Å²) in [5.41, 5.74) is 23.0. The van der Waals surface area contributed by atoms with Crippen LogP contribution in [0.15, 0.2) is 35.5 Å². The topological polar surface area (TPSA) is 428 Å². The normalized spacial score (nSPS) is 17.5. The fourth-order valence-corrected chi connectivity index (χ4v) is 10.1. The lowest BCUT2D eigenvalue weighted by molar-refractivity contribution is -0.142. The highest BCUT2D eigenvalue weighted by Gasteiger charge is 2.41. The van der Waals surface area contributed by atoms with Crippen molar-refractivity contribution in [2.24, 2.45) is 33.8 Å². The summed E-state index contributed by atoms with van der Waals surface area (Å²) < 4.78 is -0.558. The summed E-state index contributed by atoms with van der Waals surface area (Å²) in [4.78, 5) is 155. The Hall–Kier alpha value is -7.10. The Morgan fingerprint density at radius 2 is 1.42 bits per heavy atom. The fraction of sp³-hybridized carbons (Fsp3) is 0.600. The van der Waals surface area contributed by atoms with Crippen molar-refractivity contribution >= 4 is 107 Å². The zero-order valence-corrected chi connectivity index (χ0v) is 45.8. The summed E-state index contributed by atoms with van der Waals surface area (Å²) >= 11 is 9.10. The minimum atomic E-state index is -1.80. The third-order valence-corrected chi connectivity index (χ3v) is 14.8. The number of para-hydroxylation sites is 1. The zero-order chi connectivity index (χ0) is 57.7. The van der Waals surface area contributed by atoms with E-state index in [9.17, 15) is 57.8 Å². The number of amides is 10. The second kappa shape index (κ2) is 30.7. The van der Waals surface area contributed by atoms with E-state index in [2.05, 4.69) is 59.8 Å². The Morgan fingerprint density at radius 3 is 2.06 bits per heavy atom. The van der Waals surface area contributed by atoms with Gasteiger partial charge in [-0.1, -0.05) is 57.7 Å². The maximum absolute atomic E-state index is 14.4. The number of nitrogens with two attached hydrogens (primary N) is 4. The molecule has 0 bridgehead atoms. The summed E-state index contributed by atoms with van der Waals surface area (Å²) in [5, 5.41) is 28.4. The Morgan fingerprint density at radius 1 is 0.782 bits per heavy atom. The van der Waals surface area contributed by atoms with Crippen molar-refractivity contribution in [2.75, 3.05) is 25.4 Å². The molecule has 10 amide bonds. The third kappa shape index (κ3) is 19.7. The average molecular weight is 1130 g/mol. The van der Waals surface area contributed by atoms with Gasteiger partial charge in [0.1, 0.15) is 42.3 Å². The molecule has 2 fully saturated rings. The molecule has 1 saturated heterocycles. The van der Waals surface area contributed by atoms with Crippen LogP contribution >= 0.6 is 25.3 Å². The lowest BCUT2D eigenvalue weighted by Gasteiger charge is -2.33. The number of carboxylic acid groups (broad SMARTS) is 1. The number of H-pyrrole nitrogens is 1. The van der Waals surface area contributed by atoms with E-state index in [0.717, 1.165) is 43.0 Å². The predicted octanol–water partition coefficient (Wildman–Crippen LogP) is -2.00. The second-order valence-electron chi connectivity index (χ2n) is 19.9. The van der Waals surface area contributed by atoms with E-state index >= 15 is 0 Å². The molecule has 1 saturated carbocycles. The van der Waals surface area contributed by atoms with Crippen LogP contribution in [0.5, 0.6) is 0 Å². The molecule has 17 N–H and O–H groups in total. The largest absolute Gasteiger partial charge is 0.481 e. The Bertz CT molecular complexity index is 2520. The van der Waals surface area contributed by atoms with Gasteiger partial charge >= 0.3 is 5.97 Å². The first kappa shape index (κ1) is 63.4. The fourth-order valence-electron chi connectivity index (χ4n) is 9.40. The number of hydrogen-bond donors (Lipinski definition) is 15. The molecule has 78 heavy (non-hydrogen) atoms. The average Bonchev–Trinajstić information content (AvgIpc) is 4.07. The number of guanidine groups is 1. The first-order chi connectivity index (χ1) is 36.9. The van der Waals surface area contributed by atoms with Crippen molar-refractivity contribution < 1.29 is 57.8 Å². The number of nitrogens with zero attached hydrogens (tertiary/aromatic N) is 2. The van der Waals surface area contributed by atoms with Crippen LogP contribution in [0.3, 0.4) is 0 Å². The molecule has 0 unspecified atom stereocenters. The van der Waals surface area contributed by atoms with Crippen LogP contribution in [-0.2, 0) is 59.2 Å². The van der Waals surface area contributed by atoms with Gasteiger partial charge in [-0.3, -0.25) is 57.7 Å². The summed E-state index contributed by atoms with van der Waals surface area (Å²) in [6.07, 6.45) is 5.18. The van der Waals surface area contributed by atoms with Crippen LogP contribution in [-0.4, -0.2) is 158 Å². The van der Waals surface area contributed by atoms with Gasteiger partial charge in [0.2, 0.25) is 59.1 Å². The van der Waals surface area contributed by atoms with E-state index in [-0.39, 0.29) is 56.9 Å². The second-order valence-corrected chi connectivity index (χ2v) is 21.2. The number of rotatable bonds is 31. The first-order valence-electron chi connectivity index (χ1n) is 26.1. The summed E-state index contributed by atoms with van der Waals surface area (Å²) in [6.45, 7) is 3.07. The summed E-state index contributed by atoms with van der Waals surface area (Å²) in [7, 11) is 0. The third-order valence-electron chi connectivity index (χ3n) is 13.8. The van der Waals surface area contributed by atoms with Crippen molar-refractivity contribution in [2.45, 2.75) is 157 Å². The SMILES string of the molecule is CC[C@H](C)[C@H](NC(=O)[C@@H](Cc1c[nH]c2ccccc12)NC(=O)CC1(S)CCCCC1)C(=O)N[C@@H](CCC(=O)O)C(=O)N[C@H](CC(N)=O)C(=O)N[C@@H](CS)C(=O)N1CCC[C@@H]1C(=O)N[C@@H](CCCN=C(N)N)C(=O)NCC(N)=O. The van der Waals surface area contributed by atoms with Gasteiger partial charge in [0.25, 0.3) is 0 Å². The number of hydrogen-bond acceptors (Lipinski definition) is 14. The molecular weight excluding hydrogens is 1050 g/mol. The van der Waals surface area contributed by atoms with Gasteiger partial charge < -0.3 is 75.1 Å². The highest BCUT2D eigenvalue weighted by molar-refractivity contribution is 7.81. The number of primary amides is 2. The zero-order valence-electron chi connectivity index (χ0n) is 44.0. The van der Waals surface area contributed by atoms with E-state index in [1.54, 1.807) is 20.0 Å². The molecule has 430 valence electrons. The molecule has 1 aliphatic heterocycles. The molecule has 4 rings (SSSR count). The van der Waals surface area contributed by atoms with Crippen molar-refractivity contribution in [3.05, 3.63) is 36.0 Å². The molecule has 0 radical (unpaired) electrons. The van der Waals surface area contributed by atoms with Crippen LogP contribution in [0.1, 0.15) is 109 Å². The number of aromatic amines is 1. The first-order valence-corrected chi connectivity index (χ1v) is 27.1. The van der Waals surface area contributed by atoms with Gasteiger partial charge in [-0.25, -0.2) is 0 Å². The van der Waals surface area contributed by atoms with Crippen LogP contribution < -0.4 is 60.2 Å². The molecular formula is C50H76N14O12S2. The lowest BCUT2D eigenvalue weighted by atomic mass is 9.85. The van der Waals surface area contributed by atoms with Crippen LogP contribution in [0.25, 0.3) is 10.9 Å². The number of carbonyl (C=O) groups excluding carboxylic acids is 10. The van der Waals surface area contributed by atoms with Gasteiger partial charge in [-0.05, 0) is 62.5 Å². The van der Waals surface area contributed by atoms with Crippen molar-refractivity contribution in [3.63, 3.8) is 0 Å².